The number of aliphatic imine (C=N–C) groups is 1. The minimum absolute atomic E-state index is 0.223. The highest BCUT2D eigenvalue weighted by molar-refractivity contribution is 7.22. The normalized spacial score (nSPS) is 16.5. The maximum Gasteiger partial charge on any atom is 0.210 e. The van der Waals surface area contributed by atoms with Crippen molar-refractivity contribution in [2.24, 2.45) is 4.99 Å². The highest BCUT2D eigenvalue weighted by Gasteiger charge is 2.19. The van der Waals surface area contributed by atoms with E-state index in [-0.39, 0.29) is 5.82 Å². The van der Waals surface area contributed by atoms with E-state index in [0.717, 1.165) is 30.9 Å². The summed E-state index contributed by atoms with van der Waals surface area (Å²) in [6.45, 7) is 3.56. The first-order valence-electron chi connectivity index (χ1n) is 7.80. The van der Waals surface area contributed by atoms with Crippen LogP contribution in [0.1, 0.15) is 5.76 Å². The average molecular weight is 344 g/mol. The van der Waals surface area contributed by atoms with Crippen LogP contribution in [0.4, 0.5) is 15.2 Å². The third-order valence-electron chi connectivity index (χ3n) is 4.14. The molecule has 0 unspecified atom stereocenters. The van der Waals surface area contributed by atoms with Gasteiger partial charge >= 0.3 is 0 Å². The first-order valence-corrected chi connectivity index (χ1v) is 8.62. The Hall–Kier alpha value is -2.25. The third kappa shape index (κ3) is 3.05. The lowest BCUT2D eigenvalue weighted by atomic mass is 10.2. The molecule has 3 heterocycles. The molecule has 0 spiro atoms. The molecule has 0 atom stereocenters. The molecule has 1 aromatic carbocycles. The van der Waals surface area contributed by atoms with Gasteiger partial charge in [-0.05, 0) is 25.2 Å². The van der Waals surface area contributed by atoms with Crippen molar-refractivity contribution in [3.63, 3.8) is 0 Å². The lowest BCUT2D eigenvalue weighted by Gasteiger charge is -2.34. The Bertz CT molecular complexity index is 866. The fourth-order valence-electron chi connectivity index (χ4n) is 2.75. The molecule has 0 bridgehead atoms. The zero-order chi connectivity index (χ0) is 16.5. The van der Waals surface area contributed by atoms with Crippen molar-refractivity contribution >= 4 is 38.6 Å². The topological polar surface area (TPSA) is 44.9 Å². The van der Waals surface area contributed by atoms with Crippen LogP contribution in [-0.4, -0.2) is 49.3 Å². The maximum atomic E-state index is 14.5. The second-order valence-electron chi connectivity index (χ2n) is 5.83. The van der Waals surface area contributed by atoms with Gasteiger partial charge in [0.15, 0.2) is 0 Å². The molecule has 4 rings (SSSR count). The number of rotatable bonds is 3. The number of nitrogens with zero attached hydrogens (tertiary/aromatic N) is 4. The Morgan fingerprint density at radius 2 is 2.12 bits per heavy atom. The number of benzene rings is 1. The van der Waals surface area contributed by atoms with E-state index in [9.17, 15) is 4.39 Å². The zero-order valence-corrected chi connectivity index (χ0v) is 14.1. The van der Waals surface area contributed by atoms with E-state index < -0.39 is 0 Å². The molecule has 0 aliphatic carbocycles. The lowest BCUT2D eigenvalue weighted by Crippen LogP contribution is -2.44. The molecule has 1 aliphatic rings. The first-order chi connectivity index (χ1) is 11.7. The van der Waals surface area contributed by atoms with E-state index in [0.29, 0.717) is 22.1 Å². The Morgan fingerprint density at radius 3 is 2.88 bits per heavy atom. The Balaban J connectivity index is 1.62. The Kier molecular flexibility index (Phi) is 4.03. The minimum atomic E-state index is -0.223. The van der Waals surface area contributed by atoms with Crippen LogP contribution in [0.25, 0.3) is 10.2 Å². The molecule has 0 radical (unpaired) electrons. The van der Waals surface area contributed by atoms with Crippen molar-refractivity contribution in [3.8, 4) is 0 Å². The smallest absolute Gasteiger partial charge is 0.210 e. The van der Waals surface area contributed by atoms with E-state index in [1.807, 2.05) is 12.1 Å². The van der Waals surface area contributed by atoms with E-state index >= 15 is 0 Å². The van der Waals surface area contributed by atoms with Gasteiger partial charge in [-0.2, -0.15) is 0 Å². The number of piperazine rings is 1. The number of likely N-dealkylation sites (N-methyl/N-ethyl adjacent to an activating group) is 1. The Morgan fingerprint density at radius 1 is 1.29 bits per heavy atom. The second-order valence-corrected chi connectivity index (χ2v) is 6.84. The van der Waals surface area contributed by atoms with Crippen LogP contribution in [-0.2, 0) is 0 Å². The Labute approximate surface area is 143 Å². The van der Waals surface area contributed by atoms with Gasteiger partial charge < -0.3 is 14.2 Å². The molecule has 1 fully saturated rings. The largest absolute Gasteiger partial charge is 0.463 e. The highest BCUT2D eigenvalue weighted by atomic mass is 32.1. The molecule has 7 heteroatoms. The zero-order valence-electron chi connectivity index (χ0n) is 13.3. The average Bonchev–Trinajstić information content (AvgIpc) is 3.22. The predicted octanol–water partition coefficient (Wildman–Crippen LogP) is 3.53. The molecule has 3 aromatic rings. The molecule has 0 amide bonds. The van der Waals surface area contributed by atoms with E-state index in [1.165, 1.54) is 17.4 Å². The third-order valence-corrected chi connectivity index (χ3v) is 5.06. The quantitative estimate of drug-likeness (QED) is 0.682. The summed E-state index contributed by atoms with van der Waals surface area (Å²) in [4.78, 5) is 13.0. The van der Waals surface area contributed by atoms with Crippen LogP contribution in [0.5, 0.6) is 0 Å². The number of anilines is 1. The van der Waals surface area contributed by atoms with Gasteiger partial charge in [0, 0.05) is 32.2 Å². The second kappa shape index (κ2) is 6.33. The summed E-state index contributed by atoms with van der Waals surface area (Å²) in [5.74, 6) is 0.442. The van der Waals surface area contributed by atoms with Crippen molar-refractivity contribution in [2.45, 2.75) is 0 Å². The number of hydrogen-bond acceptors (Lipinski definition) is 6. The highest BCUT2D eigenvalue weighted by Crippen LogP contribution is 2.33. The predicted molar refractivity (Wildman–Crippen MR) is 95.3 cm³/mol. The molecule has 1 aliphatic heterocycles. The van der Waals surface area contributed by atoms with Crippen LogP contribution in [0, 0.1) is 5.82 Å². The minimum Gasteiger partial charge on any atom is -0.463 e. The van der Waals surface area contributed by atoms with Gasteiger partial charge in [-0.1, -0.05) is 11.3 Å². The van der Waals surface area contributed by atoms with Crippen molar-refractivity contribution < 1.29 is 8.81 Å². The van der Waals surface area contributed by atoms with E-state index in [1.54, 1.807) is 18.5 Å². The van der Waals surface area contributed by atoms with E-state index in [2.05, 4.69) is 26.8 Å². The number of aromatic nitrogens is 1. The lowest BCUT2D eigenvalue weighted by molar-refractivity contribution is 0.312. The van der Waals surface area contributed by atoms with Gasteiger partial charge in [0.05, 0.1) is 28.4 Å². The fourth-order valence-corrected chi connectivity index (χ4v) is 3.58. The van der Waals surface area contributed by atoms with Gasteiger partial charge in [0.1, 0.15) is 11.6 Å². The van der Waals surface area contributed by atoms with Crippen molar-refractivity contribution in [1.82, 2.24) is 9.88 Å². The summed E-state index contributed by atoms with van der Waals surface area (Å²) in [5.41, 5.74) is 1.29. The number of hydrogen-bond donors (Lipinski definition) is 0. The van der Waals surface area contributed by atoms with Crippen LogP contribution >= 0.6 is 11.3 Å². The molecular weight excluding hydrogens is 327 g/mol. The monoisotopic (exact) mass is 344 g/mol. The number of halogens is 1. The molecule has 5 nitrogen and oxygen atoms in total. The molecular formula is C17H17FN4OS. The number of fused-ring (bicyclic) bond motifs is 1. The fraction of sp³-hybridized carbons (Fsp3) is 0.294. The molecule has 24 heavy (non-hydrogen) atoms. The summed E-state index contributed by atoms with van der Waals surface area (Å²) in [5, 5.41) is 0.594. The van der Waals surface area contributed by atoms with Crippen LogP contribution < -0.4 is 4.90 Å². The van der Waals surface area contributed by atoms with Gasteiger partial charge in [0.2, 0.25) is 5.13 Å². The van der Waals surface area contributed by atoms with Crippen LogP contribution in [0.15, 0.2) is 39.9 Å². The first kappa shape index (κ1) is 15.3. The van der Waals surface area contributed by atoms with Crippen LogP contribution in [0.3, 0.4) is 0 Å². The summed E-state index contributed by atoms with van der Waals surface area (Å²) in [7, 11) is 2.09. The maximum absolute atomic E-state index is 14.5. The van der Waals surface area contributed by atoms with Gasteiger partial charge in [-0.25, -0.2) is 14.4 Å². The van der Waals surface area contributed by atoms with Gasteiger partial charge in [-0.3, -0.25) is 0 Å². The molecule has 124 valence electrons. The number of thiazole rings is 1. The van der Waals surface area contributed by atoms with Crippen molar-refractivity contribution in [3.05, 3.63) is 42.1 Å². The van der Waals surface area contributed by atoms with Gasteiger partial charge in [0.25, 0.3) is 0 Å². The van der Waals surface area contributed by atoms with Crippen molar-refractivity contribution in [1.29, 1.82) is 0 Å². The molecule has 1 saturated heterocycles. The summed E-state index contributed by atoms with van der Waals surface area (Å²) in [6, 6.07) is 7.02. The summed E-state index contributed by atoms with van der Waals surface area (Å²) < 4.78 is 20.6. The molecule has 2 aromatic heterocycles. The molecule has 0 saturated carbocycles. The SMILES string of the molecule is CN1CCN(c2cc3sc(/N=C/c4ccco4)nc3cc2F)CC1. The summed E-state index contributed by atoms with van der Waals surface area (Å²) >= 11 is 1.45. The molecule has 0 N–H and O–H groups in total. The number of furan rings is 1. The van der Waals surface area contributed by atoms with E-state index in [4.69, 9.17) is 4.42 Å². The van der Waals surface area contributed by atoms with Gasteiger partial charge in [-0.15, -0.1) is 0 Å². The van der Waals surface area contributed by atoms with Crippen molar-refractivity contribution in [2.75, 3.05) is 38.1 Å². The standard InChI is InChI=1S/C17H17FN4OS/c1-21-4-6-22(7-5-21)15-10-16-14(9-13(15)18)20-17(24-16)19-11-12-3-2-8-23-12/h2-3,8-11H,4-7H2,1H3/b19-11+. The van der Waals surface area contributed by atoms with Crippen LogP contribution in [0.2, 0.25) is 0 Å². The summed E-state index contributed by atoms with van der Waals surface area (Å²) in [6.07, 6.45) is 3.22.